The maximum absolute atomic E-state index is 4.71. The smallest absolute Gasteiger partial charge is 0.0696 e. The standard InChI is InChI=1S/C20H23N/c1-4-5-16-6-8-17(9-7-16)13-18-10-11-19-12-14(2)21-20(19)15(18)3/h6-11H,4-5,12-13H2,1-3H3. The molecule has 21 heavy (non-hydrogen) atoms. The van der Waals surface area contributed by atoms with Gasteiger partial charge in [-0.2, -0.15) is 0 Å². The highest BCUT2D eigenvalue weighted by atomic mass is 14.8. The summed E-state index contributed by atoms with van der Waals surface area (Å²) in [5, 5.41) is 0. The zero-order valence-corrected chi connectivity index (χ0v) is 13.2. The third-order valence-corrected chi connectivity index (χ3v) is 4.33. The van der Waals surface area contributed by atoms with Crippen molar-refractivity contribution in [3.8, 4) is 0 Å². The number of aliphatic imine (C=N–C) groups is 1. The molecule has 0 atom stereocenters. The summed E-state index contributed by atoms with van der Waals surface area (Å²) in [6, 6.07) is 13.6. The van der Waals surface area contributed by atoms with E-state index in [-0.39, 0.29) is 0 Å². The van der Waals surface area contributed by atoms with Crippen LogP contribution in [0.5, 0.6) is 0 Å². The number of fused-ring (bicyclic) bond motifs is 1. The van der Waals surface area contributed by atoms with Gasteiger partial charge in [-0.1, -0.05) is 49.7 Å². The monoisotopic (exact) mass is 277 g/mol. The van der Waals surface area contributed by atoms with Crippen LogP contribution in [0.25, 0.3) is 0 Å². The van der Waals surface area contributed by atoms with Crippen molar-refractivity contribution < 1.29 is 0 Å². The van der Waals surface area contributed by atoms with E-state index in [0.717, 1.165) is 12.8 Å². The van der Waals surface area contributed by atoms with Crippen LogP contribution in [0.3, 0.4) is 0 Å². The lowest BCUT2D eigenvalue weighted by molar-refractivity contribution is 0.920. The SMILES string of the molecule is CCCc1ccc(Cc2ccc3c(c2C)N=C(C)C3)cc1. The van der Waals surface area contributed by atoms with Crippen molar-refractivity contribution in [3.05, 3.63) is 64.2 Å². The van der Waals surface area contributed by atoms with E-state index >= 15 is 0 Å². The van der Waals surface area contributed by atoms with E-state index in [1.54, 1.807) is 0 Å². The van der Waals surface area contributed by atoms with Crippen LogP contribution in [0.15, 0.2) is 41.4 Å². The van der Waals surface area contributed by atoms with E-state index in [9.17, 15) is 0 Å². The fourth-order valence-electron chi connectivity index (χ4n) is 3.13. The second-order valence-corrected chi connectivity index (χ2v) is 6.12. The molecule has 108 valence electrons. The fourth-order valence-corrected chi connectivity index (χ4v) is 3.13. The summed E-state index contributed by atoms with van der Waals surface area (Å²) in [5.41, 5.74) is 9.40. The van der Waals surface area contributed by atoms with E-state index < -0.39 is 0 Å². The lowest BCUT2D eigenvalue weighted by atomic mass is 9.95. The van der Waals surface area contributed by atoms with Crippen molar-refractivity contribution in [3.63, 3.8) is 0 Å². The van der Waals surface area contributed by atoms with Gasteiger partial charge in [0.25, 0.3) is 0 Å². The molecule has 0 unspecified atom stereocenters. The molecule has 0 aromatic heterocycles. The number of aryl methyl sites for hydroxylation is 1. The van der Waals surface area contributed by atoms with Crippen molar-refractivity contribution in [2.45, 2.75) is 46.5 Å². The molecule has 1 aliphatic heterocycles. The number of hydrogen-bond donors (Lipinski definition) is 0. The molecular formula is C20H23N. The molecule has 0 fully saturated rings. The van der Waals surface area contributed by atoms with Crippen LogP contribution in [0, 0.1) is 6.92 Å². The quantitative estimate of drug-likeness (QED) is 0.729. The third-order valence-electron chi connectivity index (χ3n) is 4.33. The number of hydrogen-bond acceptors (Lipinski definition) is 1. The van der Waals surface area contributed by atoms with E-state index in [1.165, 1.54) is 52.1 Å². The Kier molecular flexibility index (Phi) is 3.92. The Bertz CT molecular complexity index is 678. The van der Waals surface area contributed by atoms with Crippen molar-refractivity contribution >= 4 is 11.4 Å². The Morgan fingerprint density at radius 2 is 1.67 bits per heavy atom. The summed E-state index contributed by atoms with van der Waals surface area (Å²) in [6.45, 7) is 6.55. The summed E-state index contributed by atoms with van der Waals surface area (Å²) in [6.07, 6.45) is 4.40. The lowest BCUT2D eigenvalue weighted by Crippen LogP contribution is -1.94. The highest BCUT2D eigenvalue weighted by Crippen LogP contribution is 2.33. The van der Waals surface area contributed by atoms with Gasteiger partial charge in [0.05, 0.1) is 5.69 Å². The number of nitrogens with zero attached hydrogens (tertiary/aromatic N) is 1. The second kappa shape index (κ2) is 5.85. The van der Waals surface area contributed by atoms with Crippen LogP contribution >= 0.6 is 0 Å². The summed E-state index contributed by atoms with van der Waals surface area (Å²) in [7, 11) is 0. The van der Waals surface area contributed by atoms with E-state index in [0.29, 0.717) is 0 Å². The van der Waals surface area contributed by atoms with Crippen LogP contribution in [0.1, 0.15) is 48.1 Å². The molecule has 0 bridgehead atoms. The van der Waals surface area contributed by atoms with E-state index in [4.69, 9.17) is 4.99 Å². The van der Waals surface area contributed by atoms with Gasteiger partial charge in [-0.15, -0.1) is 0 Å². The summed E-state index contributed by atoms with van der Waals surface area (Å²) < 4.78 is 0. The van der Waals surface area contributed by atoms with Crippen molar-refractivity contribution in [1.82, 2.24) is 0 Å². The Hall–Kier alpha value is -1.89. The molecular weight excluding hydrogens is 254 g/mol. The topological polar surface area (TPSA) is 12.4 Å². The van der Waals surface area contributed by atoms with Gasteiger partial charge in [0.1, 0.15) is 0 Å². The van der Waals surface area contributed by atoms with Gasteiger partial charge < -0.3 is 0 Å². The molecule has 1 heteroatoms. The molecule has 2 aromatic carbocycles. The largest absolute Gasteiger partial charge is 0.257 e. The molecule has 2 aromatic rings. The Labute approximate surface area is 127 Å². The van der Waals surface area contributed by atoms with Gasteiger partial charge in [0.2, 0.25) is 0 Å². The van der Waals surface area contributed by atoms with Crippen LogP contribution in [0.4, 0.5) is 5.69 Å². The zero-order valence-electron chi connectivity index (χ0n) is 13.2. The molecule has 0 saturated carbocycles. The van der Waals surface area contributed by atoms with Gasteiger partial charge in [-0.3, -0.25) is 4.99 Å². The summed E-state index contributed by atoms with van der Waals surface area (Å²) >= 11 is 0. The van der Waals surface area contributed by atoms with E-state index in [2.05, 4.69) is 57.2 Å². The highest BCUT2D eigenvalue weighted by Gasteiger charge is 2.15. The van der Waals surface area contributed by atoms with Crippen LogP contribution in [0.2, 0.25) is 0 Å². The van der Waals surface area contributed by atoms with Crippen LogP contribution in [-0.4, -0.2) is 5.71 Å². The first kappa shape index (κ1) is 14.1. The fraction of sp³-hybridized carbons (Fsp3) is 0.350. The van der Waals surface area contributed by atoms with Gasteiger partial charge in [0.15, 0.2) is 0 Å². The molecule has 1 heterocycles. The minimum atomic E-state index is 1.00. The van der Waals surface area contributed by atoms with Gasteiger partial charge in [0, 0.05) is 12.1 Å². The van der Waals surface area contributed by atoms with Gasteiger partial charge >= 0.3 is 0 Å². The zero-order chi connectivity index (χ0) is 14.8. The first-order valence-electron chi connectivity index (χ1n) is 7.90. The minimum absolute atomic E-state index is 1.00. The number of benzene rings is 2. The average Bonchev–Trinajstić information content (AvgIpc) is 2.86. The molecule has 1 aliphatic rings. The lowest BCUT2D eigenvalue weighted by Gasteiger charge is -2.10. The first-order valence-corrected chi connectivity index (χ1v) is 7.90. The third kappa shape index (κ3) is 2.92. The second-order valence-electron chi connectivity index (χ2n) is 6.12. The molecule has 0 N–H and O–H groups in total. The Morgan fingerprint density at radius 1 is 0.952 bits per heavy atom. The maximum Gasteiger partial charge on any atom is 0.0696 e. The van der Waals surface area contributed by atoms with Crippen LogP contribution < -0.4 is 0 Å². The molecule has 0 spiro atoms. The van der Waals surface area contributed by atoms with Crippen molar-refractivity contribution in [2.24, 2.45) is 4.99 Å². The Morgan fingerprint density at radius 3 is 2.38 bits per heavy atom. The van der Waals surface area contributed by atoms with Gasteiger partial charge in [-0.25, -0.2) is 0 Å². The normalized spacial score (nSPS) is 13.2. The summed E-state index contributed by atoms with van der Waals surface area (Å²) in [4.78, 5) is 4.71. The maximum atomic E-state index is 4.71. The first-order chi connectivity index (χ1) is 10.2. The average molecular weight is 277 g/mol. The predicted molar refractivity (Wildman–Crippen MR) is 90.9 cm³/mol. The molecule has 0 saturated heterocycles. The molecule has 0 aliphatic carbocycles. The molecule has 0 amide bonds. The highest BCUT2D eigenvalue weighted by molar-refractivity contribution is 5.93. The summed E-state index contributed by atoms with van der Waals surface area (Å²) in [5.74, 6) is 0. The predicted octanol–water partition coefficient (Wildman–Crippen LogP) is 5.19. The molecule has 3 rings (SSSR count). The number of rotatable bonds is 4. The van der Waals surface area contributed by atoms with Gasteiger partial charge in [-0.05, 0) is 54.5 Å². The molecule has 1 nitrogen and oxygen atoms in total. The van der Waals surface area contributed by atoms with Crippen molar-refractivity contribution in [2.75, 3.05) is 0 Å². The molecule has 0 radical (unpaired) electrons. The van der Waals surface area contributed by atoms with Crippen LogP contribution in [-0.2, 0) is 19.3 Å². The Balaban J connectivity index is 1.84. The van der Waals surface area contributed by atoms with Crippen molar-refractivity contribution in [1.29, 1.82) is 0 Å². The minimum Gasteiger partial charge on any atom is -0.257 e. The van der Waals surface area contributed by atoms with E-state index in [1.807, 2.05) is 0 Å².